The highest BCUT2D eigenvalue weighted by Gasteiger charge is 2.20. The number of halogens is 1. The average molecular weight is 272 g/mol. The molecule has 1 aromatic heterocycles. The molecule has 1 aliphatic carbocycles. The van der Waals surface area contributed by atoms with Crippen molar-refractivity contribution in [3.05, 3.63) is 24.0 Å². The van der Waals surface area contributed by atoms with Crippen molar-refractivity contribution < 1.29 is 9.53 Å². The molecule has 0 saturated heterocycles. The van der Waals surface area contributed by atoms with Gasteiger partial charge in [-0.1, -0.05) is 0 Å². The zero-order chi connectivity index (χ0) is 12.1. The fourth-order valence-electron chi connectivity index (χ4n) is 1.40. The van der Waals surface area contributed by atoms with Gasteiger partial charge in [0.25, 0.3) is 5.91 Å². The minimum atomic E-state index is -0.194. The Bertz CT molecular complexity index is 379. The van der Waals surface area contributed by atoms with Crippen molar-refractivity contribution in [3.63, 3.8) is 0 Å². The molecule has 0 aromatic carbocycles. The lowest BCUT2D eigenvalue weighted by atomic mass is 10.3. The quantitative estimate of drug-likeness (QED) is 0.763. The number of pyridine rings is 1. The molecule has 2 rings (SSSR count). The standard InChI is InChI=1S/C12H17N3O2.ClH/c13-10-3-4-11(15-7-10)12(16)14-5-6-17-8-9-1-2-9;/h3-4,7,9H,1-2,5-6,8,13H2,(H,14,16);1H. The SMILES string of the molecule is Cl.Nc1ccc(C(=O)NCCOCC2CC2)nc1. The number of carbonyl (C=O) groups is 1. The van der Waals surface area contributed by atoms with Crippen LogP contribution in [0.2, 0.25) is 0 Å². The van der Waals surface area contributed by atoms with E-state index in [4.69, 9.17) is 10.5 Å². The van der Waals surface area contributed by atoms with E-state index >= 15 is 0 Å². The van der Waals surface area contributed by atoms with Crippen LogP contribution in [0.1, 0.15) is 23.3 Å². The molecule has 100 valence electrons. The molecule has 6 heteroatoms. The Labute approximate surface area is 113 Å². The maximum Gasteiger partial charge on any atom is 0.269 e. The van der Waals surface area contributed by atoms with Crippen LogP contribution in [0.4, 0.5) is 5.69 Å². The maximum atomic E-state index is 11.6. The number of nitrogens with zero attached hydrogens (tertiary/aromatic N) is 1. The first-order valence-corrected chi connectivity index (χ1v) is 5.83. The number of nitrogen functional groups attached to an aromatic ring is 1. The van der Waals surface area contributed by atoms with Crippen LogP contribution in [-0.4, -0.2) is 30.6 Å². The van der Waals surface area contributed by atoms with Crippen LogP contribution < -0.4 is 11.1 Å². The number of anilines is 1. The predicted molar refractivity (Wildman–Crippen MR) is 71.8 cm³/mol. The number of nitrogens with two attached hydrogens (primary N) is 1. The van der Waals surface area contributed by atoms with E-state index in [0.717, 1.165) is 12.5 Å². The highest BCUT2D eigenvalue weighted by Crippen LogP contribution is 2.28. The van der Waals surface area contributed by atoms with E-state index in [9.17, 15) is 4.79 Å². The van der Waals surface area contributed by atoms with E-state index in [1.165, 1.54) is 19.0 Å². The molecule has 3 N–H and O–H groups in total. The molecule has 0 aliphatic heterocycles. The van der Waals surface area contributed by atoms with Crippen LogP contribution in [0.5, 0.6) is 0 Å². The van der Waals surface area contributed by atoms with Crippen molar-refractivity contribution in [3.8, 4) is 0 Å². The van der Waals surface area contributed by atoms with Gasteiger partial charge in [-0.05, 0) is 30.9 Å². The van der Waals surface area contributed by atoms with Gasteiger partial charge in [0.1, 0.15) is 5.69 Å². The monoisotopic (exact) mass is 271 g/mol. The number of rotatable bonds is 6. The van der Waals surface area contributed by atoms with Crippen molar-refractivity contribution in [1.29, 1.82) is 0 Å². The van der Waals surface area contributed by atoms with Gasteiger partial charge in [-0.2, -0.15) is 0 Å². The van der Waals surface area contributed by atoms with Gasteiger partial charge in [-0.15, -0.1) is 12.4 Å². The number of aromatic nitrogens is 1. The summed E-state index contributed by atoms with van der Waals surface area (Å²) in [6.07, 6.45) is 4.03. The Hall–Kier alpha value is -1.33. The lowest BCUT2D eigenvalue weighted by Gasteiger charge is -2.05. The molecule has 18 heavy (non-hydrogen) atoms. The summed E-state index contributed by atoms with van der Waals surface area (Å²) in [6.45, 7) is 1.88. The lowest BCUT2D eigenvalue weighted by molar-refractivity contribution is 0.0902. The summed E-state index contributed by atoms with van der Waals surface area (Å²) in [6, 6.07) is 3.27. The van der Waals surface area contributed by atoms with E-state index < -0.39 is 0 Å². The van der Waals surface area contributed by atoms with Gasteiger partial charge in [-0.25, -0.2) is 4.98 Å². The number of amides is 1. The molecular weight excluding hydrogens is 254 g/mol. The van der Waals surface area contributed by atoms with E-state index in [-0.39, 0.29) is 18.3 Å². The van der Waals surface area contributed by atoms with Gasteiger partial charge in [0.15, 0.2) is 0 Å². The largest absolute Gasteiger partial charge is 0.397 e. The van der Waals surface area contributed by atoms with E-state index in [2.05, 4.69) is 10.3 Å². The minimum Gasteiger partial charge on any atom is -0.397 e. The van der Waals surface area contributed by atoms with Crippen molar-refractivity contribution in [2.45, 2.75) is 12.8 Å². The van der Waals surface area contributed by atoms with Gasteiger partial charge in [0.2, 0.25) is 0 Å². The topological polar surface area (TPSA) is 77.2 Å². The molecule has 0 atom stereocenters. The van der Waals surface area contributed by atoms with Gasteiger partial charge in [0.05, 0.1) is 18.5 Å². The summed E-state index contributed by atoms with van der Waals surface area (Å²) in [5, 5.41) is 2.75. The van der Waals surface area contributed by atoms with Crippen molar-refractivity contribution in [2.75, 3.05) is 25.5 Å². The molecule has 1 heterocycles. The molecule has 1 saturated carbocycles. The molecule has 1 amide bonds. The highest BCUT2D eigenvalue weighted by molar-refractivity contribution is 5.92. The summed E-state index contributed by atoms with van der Waals surface area (Å²) in [5.41, 5.74) is 6.41. The first kappa shape index (κ1) is 14.7. The van der Waals surface area contributed by atoms with Crippen LogP contribution in [0.15, 0.2) is 18.3 Å². The number of hydrogen-bond acceptors (Lipinski definition) is 4. The maximum absolute atomic E-state index is 11.6. The summed E-state index contributed by atoms with van der Waals surface area (Å²) >= 11 is 0. The minimum absolute atomic E-state index is 0. The second kappa shape index (κ2) is 7.18. The Morgan fingerprint density at radius 3 is 2.89 bits per heavy atom. The number of hydrogen-bond donors (Lipinski definition) is 2. The van der Waals surface area contributed by atoms with Crippen LogP contribution >= 0.6 is 12.4 Å². The Balaban J connectivity index is 0.00000162. The zero-order valence-corrected chi connectivity index (χ0v) is 10.9. The highest BCUT2D eigenvalue weighted by atomic mass is 35.5. The fourth-order valence-corrected chi connectivity index (χ4v) is 1.40. The summed E-state index contributed by atoms with van der Waals surface area (Å²) < 4.78 is 5.41. The van der Waals surface area contributed by atoms with E-state index in [1.54, 1.807) is 12.1 Å². The van der Waals surface area contributed by atoms with Crippen LogP contribution in [-0.2, 0) is 4.74 Å². The Morgan fingerprint density at radius 1 is 1.50 bits per heavy atom. The molecule has 1 aliphatic rings. The molecule has 0 unspecified atom stereocenters. The van der Waals surface area contributed by atoms with Crippen molar-refractivity contribution >= 4 is 24.0 Å². The number of carbonyl (C=O) groups excluding carboxylic acids is 1. The van der Waals surface area contributed by atoms with Crippen LogP contribution in [0, 0.1) is 5.92 Å². The molecule has 1 fully saturated rings. The molecule has 1 aromatic rings. The normalized spacial score (nSPS) is 13.8. The lowest BCUT2D eigenvalue weighted by Crippen LogP contribution is -2.28. The van der Waals surface area contributed by atoms with Crippen molar-refractivity contribution in [2.24, 2.45) is 5.92 Å². The molecule has 5 nitrogen and oxygen atoms in total. The summed E-state index contributed by atoms with van der Waals surface area (Å²) in [5.74, 6) is 0.560. The molecular formula is C12H18ClN3O2. The summed E-state index contributed by atoms with van der Waals surface area (Å²) in [4.78, 5) is 15.5. The Morgan fingerprint density at radius 2 is 2.28 bits per heavy atom. The third-order valence-corrected chi connectivity index (χ3v) is 2.60. The second-order valence-corrected chi connectivity index (χ2v) is 4.25. The fraction of sp³-hybridized carbons (Fsp3) is 0.500. The average Bonchev–Trinajstić information content (AvgIpc) is 3.13. The van der Waals surface area contributed by atoms with Gasteiger partial charge >= 0.3 is 0 Å². The third-order valence-electron chi connectivity index (χ3n) is 2.60. The summed E-state index contributed by atoms with van der Waals surface area (Å²) in [7, 11) is 0. The molecule has 0 bridgehead atoms. The number of nitrogens with one attached hydrogen (secondary N) is 1. The number of ether oxygens (including phenoxy) is 1. The van der Waals surface area contributed by atoms with Gasteiger partial charge < -0.3 is 15.8 Å². The Kier molecular flexibility index (Phi) is 5.88. The molecule has 0 spiro atoms. The first-order valence-electron chi connectivity index (χ1n) is 5.83. The first-order chi connectivity index (χ1) is 8.25. The zero-order valence-electron chi connectivity index (χ0n) is 10.1. The smallest absolute Gasteiger partial charge is 0.269 e. The molecule has 0 radical (unpaired) electrons. The van der Waals surface area contributed by atoms with Crippen LogP contribution in [0.3, 0.4) is 0 Å². The van der Waals surface area contributed by atoms with Crippen LogP contribution in [0.25, 0.3) is 0 Å². The van der Waals surface area contributed by atoms with E-state index in [1.807, 2.05) is 0 Å². The second-order valence-electron chi connectivity index (χ2n) is 4.25. The third kappa shape index (κ3) is 4.89. The van der Waals surface area contributed by atoms with Gasteiger partial charge in [0, 0.05) is 13.2 Å². The van der Waals surface area contributed by atoms with Crippen molar-refractivity contribution in [1.82, 2.24) is 10.3 Å². The predicted octanol–water partition coefficient (Wildman–Crippen LogP) is 1.24. The van der Waals surface area contributed by atoms with Gasteiger partial charge in [-0.3, -0.25) is 4.79 Å². The van der Waals surface area contributed by atoms with E-state index in [0.29, 0.717) is 24.5 Å².